The fraction of sp³-hybridized carbons (Fsp3) is 0.0357. The Hall–Kier alpha value is -5.11. The Morgan fingerprint density at radius 1 is 0.944 bits per heavy atom. The van der Waals surface area contributed by atoms with Crippen molar-refractivity contribution in [3.63, 3.8) is 0 Å². The van der Waals surface area contributed by atoms with Crippen LogP contribution in [0.1, 0.15) is 21.6 Å². The van der Waals surface area contributed by atoms with Crippen LogP contribution in [0.15, 0.2) is 85.1 Å². The van der Waals surface area contributed by atoms with Crippen molar-refractivity contribution in [2.45, 2.75) is 0 Å². The van der Waals surface area contributed by atoms with E-state index < -0.39 is 6.16 Å². The standard InChI is InChI=1S/C28H21N3O5/c1-35-28(34)36-21-12-10-17(11-13-21)26(32)30-20-6-2-5-18(15-20)22-8-3-9-24-25(22)23(27(33)31-24)16-19-7-4-14-29-19/h2-16,29H,1H3,(H,30,32)(H,31,33)/b23-16-. The summed E-state index contributed by atoms with van der Waals surface area (Å²) in [5, 5.41) is 5.82. The lowest BCUT2D eigenvalue weighted by Crippen LogP contribution is -2.12. The van der Waals surface area contributed by atoms with Crippen molar-refractivity contribution < 1.29 is 23.9 Å². The third-order valence-corrected chi connectivity index (χ3v) is 5.66. The highest BCUT2D eigenvalue weighted by Crippen LogP contribution is 2.40. The van der Waals surface area contributed by atoms with Gasteiger partial charge < -0.3 is 25.1 Å². The topological polar surface area (TPSA) is 110 Å². The number of aromatic nitrogens is 1. The lowest BCUT2D eigenvalue weighted by atomic mass is 9.94. The van der Waals surface area contributed by atoms with Crippen molar-refractivity contribution >= 4 is 41.0 Å². The van der Waals surface area contributed by atoms with Crippen LogP contribution in [-0.4, -0.2) is 30.1 Å². The molecule has 0 fully saturated rings. The summed E-state index contributed by atoms with van der Waals surface area (Å²) in [5.74, 6) is -0.222. The van der Waals surface area contributed by atoms with E-state index >= 15 is 0 Å². The number of hydrogen-bond acceptors (Lipinski definition) is 5. The van der Waals surface area contributed by atoms with Gasteiger partial charge >= 0.3 is 6.16 Å². The smallest absolute Gasteiger partial charge is 0.437 e. The zero-order valence-corrected chi connectivity index (χ0v) is 19.2. The first-order valence-corrected chi connectivity index (χ1v) is 11.1. The van der Waals surface area contributed by atoms with Crippen LogP contribution in [0.25, 0.3) is 22.8 Å². The lowest BCUT2D eigenvalue weighted by molar-refractivity contribution is -0.110. The Morgan fingerprint density at radius 3 is 2.50 bits per heavy atom. The third kappa shape index (κ3) is 4.60. The highest BCUT2D eigenvalue weighted by atomic mass is 16.7. The van der Waals surface area contributed by atoms with Crippen LogP contribution in [0.3, 0.4) is 0 Å². The molecule has 178 valence electrons. The van der Waals surface area contributed by atoms with E-state index in [1.807, 2.05) is 54.6 Å². The van der Waals surface area contributed by atoms with E-state index in [9.17, 15) is 14.4 Å². The van der Waals surface area contributed by atoms with Gasteiger partial charge in [-0.3, -0.25) is 9.59 Å². The van der Waals surface area contributed by atoms with Gasteiger partial charge in [-0.15, -0.1) is 0 Å². The number of ether oxygens (including phenoxy) is 2. The summed E-state index contributed by atoms with van der Waals surface area (Å²) in [6.07, 6.45) is 2.79. The molecule has 2 heterocycles. The molecular formula is C28H21N3O5. The Morgan fingerprint density at radius 2 is 1.75 bits per heavy atom. The summed E-state index contributed by atoms with van der Waals surface area (Å²) in [4.78, 5) is 39.9. The molecule has 8 heteroatoms. The molecule has 5 rings (SSSR count). The van der Waals surface area contributed by atoms with Gasteiger partial charge in [0.1, 0.15) is 5.75 Å². The van der Waals surface area contributed by atoms with E-state index in [2.05, 4.69) is 20.4 Å². The molecular weight excluding hydrogens is 458 g/mol. The van der Waals surface area contributed by atoms with Gasteiger partial charge in [-0.2, -0.15) is 0 Å². The third-order valence-electron chi connectivity index (χ3n) is 5.66. The SMILES string of the molecule is COC(=O)Oc1ccc(C(=O)Nc2cccc(-c3cccc4c3/C(=C/c3ccc[nH]3)C(=O)N4)c2)cc1. The molecule has 0 unspecified atom stereocenters. The number of nitrogens with one attached hydrogen (secondary N) is 3. The second-order valence-electron chi connectivity index (χ2n) is 7.98. The fourth-order valence-corrected chi connectivity index (χ4v) is 4.00. The van der Waals surface area contributed by atoms with Crippen LogP contribution in [0.2, 0.25) is 0 Å². The lowest BCUT2D eigenvalue weighted by Gasteiger charge is -2.11. The Kier molecular flexibility index (Phi) is 6.07. The molecule has 0 saturated heterocycles. The summed E-state index contributed by atoms with van der Waals surface area (Å²) in [6.45, 7) is 0. The predicted octanol–water partition coefficient (Wildman–Crippen LogP) is 5.57. The van der Waals surface area contributed by atoms with Gasteiger partial charge in [-0.1, -0.05) is 24.3 Å². The van der Waals surface area contributed by atoms with Crippen LogP contribution >= 0.6 is 0 Å². The molecule has 0 aliphatic carbocycles. The Labute approximate surface area is 206 Å². The molecule has 8 nitrogen and oxygen atoms in total. The van der Waals surface area contributed by atoms with Crippen molar-refractivity contribution in [1.82, 2.24) is 4.98 Å². The minimum Gasteiger partial charge on any atom is -0.437 e. The highest BCUT2D eigenvalue weighted by molar-refractivity contribution is 6.36. The predicted molar refractivity (Wildman–Crippen MR) is 137 cm³/mol. The number of H-pyrrole nitrogens is 1. The molecule has 4 aromatic rings. The first-order chi connectivity index (χ1) is 17.5. The average Bonchev–Trinajstić information content (AvgIpc) is 3.52. The van der Waals surface area contributed by atoms with Crippen molar-refractivity contribution in [2.24, 2.45) is 0 Å². The Balaban J connectivity index is 1.41. The minimum atomic E-state index is -0.834. The van der Waals surface area contributed by atoms with E-state index in [-0.39, 0.29) is 17.6 Å². The van der Waals surface area contributed by atoms with E-state index in [1.165, 1.54) is 19.2 Å². The zero-order valence-electron chi connectivity index (χ0n) is 19.2. The van der Waals surface area contributed by atoms with Gasteiger partial charge in [-0.05, 0) is 71.8 Å². The molecule has 3 N–H and O–H groups in total. The molecule has 0 atom stereocenters. The average molecular weight is 479 g/mol. The van der Waals surface area contributed by atoms with Crippen LogP contribution < -0.4 is 15.4 Å². The van der Waals surface area contributed by atoms with Crippen molar-refractivity contribution in [3.8, 4) is 16.9 Å². The number of amides is 2. The summed E-state index contributed by atoms with van der Waals surface area (Å²) >= 11 is 0. The first kappa shape index (κ1) is 22.7. The maximum Gasteiger partial charge on any atom is 0.513 e. The van der Waals surface area contributed by atoms with Gasteiger partial charge in [0.2, 0.25) is 0 Å². The monoisotopic (exact) mass is 479 g/mol. The molecule has 0 radical (unpaired) electrons. The number of fused-ring (bicyclic) bond motifs is 1. The second kappa shape index (κ2) is 9.63. The highest BCUT2D eigenvalue weighted by Gasteiger charge is 2.27. The fourth-order valence-electron chi connectivity index (χ4n) is 4.00. The molecule has 36 heavy (non-hydrogen) atoms. The Bertz CT molecular complexity index is 1490. The number of anilines is 2. The van der Waals surface area contributed by atoms with Gasteiger partial charge in [0.05, 0.1) is 12.7 Å². The van der Waals surface area contributed by atoms with Crippen LogP contribution in [0.4, 0.5) is 16.2 Å². The summed E-state index contributed by atoms with van der Waals surface area (Å²) < 4.78 is 9.39. The summed E-state index contributed by atoms with van der Waals surface area (Å²) in [7, 11) is 1.22. The van der Waals surface area contributed by atoms with Crippen molar-refractivity contribution in [1.29, 1.82) is 0 Å². The number of methoxy groups -OCH3 is 1. The molecule has 0 saturated carbocycles. The maximum absolute atomic E-state index is 12.8. The van der Waals surface area contributed by atoms with Crippen LogP contribution in [-0.2, 0) is 9.53 Å². The number of carbonyl (C=O) groups is 3. The van der Waals surface area contributed by atoms with Gasteiger partial charge in [0.15, 0.2) is 0 Å². The zero-order chi connectivity index (χ0) is 25.1. The first-order valence-electron chi connectivity index (χ1n) is 11.1. The van der Waals surface area contributed by atoms with Crippen molar-refractivity contribution in [2.75, 3.05) is 17.7 Å². The van der Waals surface area contributed by atoms with Gasteiger partial charge in [0.25, 0.3) is 11.8 Å². The van der Waals surface area contributed by atoms with E-state index in [0.29, 0.717) is 16.8 Å². The van der Waals surface area contributed by atoms with E-state index in [4.69, 9.17) is 4.74 Å². The number of benzene rings is 3. The molecule has 1 aliphatic heterocycles. The summed E-state index contributed by atoms with van der Waals surface area (Å²) in [6, 6.07) is 23.0. The number of rotatable bonds is 5. The minimum absolute atomic E-state index is 0.170. The normalized spacial score (nSPS) is 13.1. The maximum atomic E-state index is 12.8. The number of hydrogen-bond donors (Lipinski definition) is 3. The number of aromatic amines is 1. The number of carbonyl (C=O) groups excluding carboxylic acids is 3. The molecule has 1 aliphatic rings. The largest absolute Gasteiger partial charge is 0.513 e. The van der Waals surface area contributed by atoms with Crippen LogP contribution in [0.5, 0.6) is 5.75 Å². The summed E-state index contributed by atoms with van der Waals surface area (Å²) in [5.41, 5.74) is 5.63. The second-order valence-corrected chi connectivity index (χ2v) is 7.98. The molecule has 1 aromatic heterocycles. The van der Waals surface area contributed by atoms with Gasteiger partial charge in [-0.25, -0.2) is 4.79 Å². The van der Waals surface area contributed by atoms with Gasteiger partial charge in [0, 0.05) is 34.4 Å². The molecule has 0 bridgehead atoms. The van der Waals surface area contributed by atoms with Crippen molar-refractivity contribution in [3.05, 3.63) is 102 Å². The molecule has 2 amide bonds. The van der Waals surface area contributed by atoms with Crippen LogP contribution in [0, 0.1) is 0 Å². The molecule has 0 spiro atoms. The van der Waals surface area contributed by atoms with E-state index in [0.717, 1.165) is 28.1 Å². The quantitative estimate of drug-likeness (QED) is 0.197. The van der Waals surface area contributed by atoms with E-state index in [1.54, 1.807) is 24.4 Å². The molecule has 3 aromatic carbocycles.